The summed E-state index contributed by atoms with van der Waals surface area (Å²) in [6.07, 6.45) is 0.638. The third kappa shape index (κ3) is 1.80. The Hall–Kier alpha value is -0.740. The Labute approximate surface area is 98.8 Å². The summed E-state index contributed by atoms with van der Waals surface area (Å²) in [5.41, 5.74) is -0.412. The molecule has 1 fully saturated rings. The molecule has 2 atom stereocenters. The summed E-state index contributed by atoms with van der Waals surface area (Å²) in [5.74, 6) is 1.10. The van der Waals surface area contributed by atoms with Gasteiger partial charge in [0.05, 0.1) is 7.11 Å². The van der Waals surface area contributed by atoms with E-state index < -0.39 is 5.60 Å². The van der Waals surface area contributed by atoms with Crippen molar-refractivity contribution in [2.45, 2.75) is 24.2 Å². The number of hydrogen-bond donors (Lipinski definition) is 1. The fraction of sp³-hybridized carbons (Fsp3) is 0.500. The fourth-order valence-corrected chi connectivity index (χ4v) is 3.41. The van der Waals surface area contributed by atoms with E-state index in [4.69, 9.17) is 4.74 Å². The zero-order valence-corrected chi connectivity index (χ0v) is 10.2. The van der Waals surface area contributed by atoms with E-state index in [1.807, 2.05) is 6.92 Å². The van der Waals surface area contributed by atoms with Crippen molar-refractivity contribution >= 4 is 11.8 Å². The molecule has 1 heterocycles. The predicted molar refractivity (Wildman–Crippen MR) is 63.4 cm³/mol. The van der Waals surface area contributed by atoms with Gasteiger partial charge in [-0.2, -0.15) is 11.8 Å². The predicted octanol–water partition coefficient (Wildman–Crippen LogP) is 2.55. The number of ether oxygens (including phenoxy) is 1. The summed E-state index contributed by atoms with van der Waals surface area (Å²) in [5, 5.41) is 10.7. The molecule has 0 spiro atoms. The molecule has 4 heteroatoms. The van der Waals surface area contributed by atoms with Crippen LogP contribution >= 0.6 is 11.8 Å². The minimum absolute atomic E-state index is 0.0585. The highest BCUT2D eigenvalue weighted by atomic mass is 32.2. The molecular weight excluding hydrogens is 227 g/mol. The molecule has 0 amide bonds. The van der Waals surface area contributed by atoms with Gasteiger partial charge in [-0.05, 0) is 30.4 Å². The molecule has 1 aromatic carbocycles. The summed E-state index contributed by atoms with van der Waals surface area (Å²) in [6.45, 7) is 1.96. The van der Waals surface area contributed by atoms with Crippen LogP contribution in [-0.2, 0) is 5.60 Å². The van der Waals surface area contributed by atoms with Crippen molar-refractivity contribution in [3.05, 3.63) is 29.6 Å². The second kappa shape index (κ2) is 4.26. The molecule has 0 saturated carbocycles. The molecule has 2 nitrogen and oxygen atoms in total. The average Bonchev–Trinajstić information content (AvgIpc) is 2.60. The van der Waals surface area contributed by atoms with Gasteiger partial charge >= 0.3 is 0 Å². The Morgan fingerprint density at radius 3 is 2.88 bits per heavy atom. The Morgan fingerprint density at radius 2 is 2.31 bits per heavy atom. The molecule has 0 bridgehead atoms. The van der Waals surface area contributed by atoms with Crippen molar-refractivity contribution < 1.29 is 14.2 Å². The Morgan fingerprint density at radius 1 is 1.56 bits per heavy atom. The first-order valence-electron chi connectivity index (χ1n) is 5.26. The summed E-state index contributed by atoms with van der Waals surface area (Å²) in [7, 11) is 1.53. The molecule has 2 unspecified atom stereocenters. The summed E-state index contributed by atoms with van der Waals surface area (Å²) < 4.78 is 18.5. The second-order valence-electron chi connectivity index (χ2n) is 4.03. The van der Waals surface area contributed by atoms with Crippen LogP contribution in [0.15, 0.2) is 18.2 Å². The summed E-state index contributed by atoms with van der Waals surface area (Å²) in [4.78, 5) is 0. The third-order valence-corrected chi connectivity index (χ3v) is 4.48. The van der Waals surface area contributed by atoms with Crippen molar-refractivity contribution in [1.82, 2.24) is 0 Å². The smallest absolute Gasteiger partial charge is 0.125 e. The van der Waals surface area contributed by atoms with Crippen LogP contribution in [0.25, 0.3) is 0 Å². The first kappa shape index (κ1) is 11.7. The highest BCUT2D eigenvalue weighted by molar-refractivity contribution is 8.00. The molecular formula is C12H15FO2S. The van der Waals surface area contributed by atoms with Crippen LogP contribution in [0.2, 0.25) is 0 Å². The van der Waals surface area contributed by atoms with Crippen molar-refractivity contribution in [1.29, 1.82) is 0 Å². The first-order chi connectivity index (χ1) is 7.58. The minimum atomic E-state index is -0.974. The Kier molecular flexibility index (Phi) is 3.13. The lowest BCUT2D eigenvalue weighted by atomic mass is 9.88. The first-order valence-corrected chi connectivity index (χ1v) is 6.31. The van der Waals surface area contributed by atoms with E-state index in [9.17, 15) is 9.50 Å². The third-order valence-electron chi connectivity index (χ3n) is 3.15. The molecule has 16 heavy (non-hydrogen) atoms. The molecule has 0 aliphatic carbocycles. The molecule has 2 rings (SSSR count). The average molecular weight is 242 g/mol. The molecule has 0 radical (unpaired) electrons. The van der Waals surface area contributed by atoms with Crippen LogP contribution in [0.4, 0.5) is 4.39 Å². The number of methoxy groups -OCH3 is 1. The standard InChI is InChI=1S/C12H15FO2S/c1-8-12(14,5-6-16-8)10-7-9(13)3-4-11(10)15-2/h3-4,7-8,14H,5-6H2,1-2H3. The van der Waals surface area contributed by atoms with Gasteiger partial charge in [0.25, 0.3) is 0 Å². The van der Waals surface area contributed by atoms with Crippen molar-refractivity contribution in [2.75, 3.05) is 12.9 Å². The van der Waals surface area contributed by atoms with Gasteiger partial charge in [0.1, 0.15) is 17.2 Å². The number of aliphatic hydroxyl groups is 1. The Balaban J connectivity index is 2.49. The fourth-order valence-electron chi connectivity index (χ4n) is 2.10. The van der Waals surface area contributed by atoms with Crippen LogP contribution in [0, 0.1) is 5.82 Å². The monoisotopic (exact) mass is 242 g/mol. The largest absolute Gasteiger partial charge is 0.496 e. The Bertz CT molecular complexity index is 397. The van der Waals surface area contributed by atoms with E-state index in [1.165, 1.54) is 19.2 Å². The molecule has 1 aliphatic rings. The van der Waals surface area contributed by atoms with Gasteiger partial charge in [0.2, 0.25) is 0 Å². The maximum absolute atomic E-state index is 13.3. The number of benzene rings is 1. The van der Waals surface area contributed by atoms with Gasteiger partial charge in [0, 0.05) is 10.8 Å². The van der Waals surface area contributed by atoms with Crippen LogP contribution in [0.1, 0.15) is 18.9 Å². The van der Waals surface area contributed by atoms with E-state index in [0.29, 0.717) is 17.7 Å². The summed E-state index contributed by atoms with van der Waals surface area (Å²) >= 11 is 1.70. The normalized spacial score (nSPS) is 29.4. The lowest BCUT2D eigenvalue weighted by Gasteiger charge is -2.28. The van der Waals surface area contributed by atoms with Crippen LogP contribution in [0.3, 0.4) is 0 Å². The van der Waals surface area contributed by atoms with Crippen LogP contribution in [-0.4, -0.2) is 23.2 Å². The van der Waals surface area contributed by atoms with Crippen molar-refractivity contribution in [3.63, 3.8) is 0 Å². The second-order valence-corrected chi connectivity index (χ2v) is 5.48. The highest BCUT2D eigenvalue weighted by Gasteiger charge is 2.42. The van der Waals surface area contributed by atoms with Gasteiger partial charge in [-0.3, -0.25) is 0 Å². The van der Waals surface area contributed by atoms with E-state index >= 15 is 0 Å². The van der Waals surface area contributed by atoms with E-state index in [0.717, 1.165) is 5.75 Å². The molecule has 1 saturated heterocycles. The van der Waals surface area contributed by atoms with E-state index in [1.54, 1.807) is 17.8 Å². The zero-order chi connectivity index (χ0) is 11.8. The van der Waals surface area contributed by atoms with E-state index in [2.05, 4.69) is 0 Å². The quantitative estimate of drug-likeness (QED) is 0.864. The SMILES string of the molecule is COc1ccc(F)cc1C1(O)CCSC1C. The molecule has 88 valence electrons. The van der Waals surface area contributed by atoms with Crippen molar-refractivity contribution in [2.24, 2.45) is 0 Å². The van der Waals surface area contributed by atoms with Crippen LogP contribution < -0.4 is 4.74 Å². The van der Waals surface area contributed by atoms with Gasteiger partial charge < -0.3 is 9.84 Å². The van der Waals surface area contributed by atoms with Gasteiger partial charge in [0.15, 0.2) is 0 Å². The van der Waals surface area contributed by atoms with Crippen molar-refractivity contribution in [3.8, 4) is 5.75 Å². The maximum Gasteiger partial charge on any atom is 0.125 e. The number of halogens is 1. The highest BCUT2D eigenvalue weighted by Crippen LogP contribution is 2.46. The van der Waals surface area contributed by atoms with E-state index in [-0.39, 0.29) is 11.1 Å². The minimum Gasteiger partial charge on any atom is -0.496 e. The van der Waals surface area contributed by atoms with Gasteiger partial charge in [-0.1, -0.05) is 6.92 Å². The van der Waals surface area contributed by atoms with Gasteiger partial charge in [-0.25, -0.2) is 4.39 Å². The molecule has 0 aromatic heterocycles. The number of hydrogen-bond acceptors (Lipinski definition) is 3. The topological polar surface area (TPSA) is 29.5 Å². The molecule has 1 aliphatic heterocycles. The lowest BCUT2D eigenvalue weighted by Crippen LogP contribution is -2.32. The van der Waals surface area contributed by atoms with Gasteiger partial charge in [-0.15, -0.1) is 0 Å². The number of thioether (sulfide) groups is 1. The maximum atomic E-state index is 13.3. The lowest BCUT2D eigenvalue weighted by molar-refractivity contribution is 0.0399. The zero-order valence-electron chi connectivity index (χ0n) is 9.37. The number of rotatable bonds is 2. The van der Waals surface area contributed by atoms with Crippen LogP contribution in [0.5, 0.6) is 5.75 Å². The molecule has 1 aromatic rings. The molecule has 1 N–H and O–H groups in total. The summed E-state index contributed by atoms with van der Waals surface area (Å²) in [6, 6.07) is 4.29.